The molecule has 5 nitrogen and oxygen atoms in total. The molecule has 0 spiro atoms. The van der Waals surface area contributed by atoms with Crippen LogP contribution in [0.25, 0.3) is 0 Å². The third-order valence-corrected chi connectivity index (χ3v) is 3.95. The van der Waals surface area contributed by atoms with Crippen molar-refractivity contribution in [2.24, 2.45) is 0 Å². The van der Waals surface area contributed by atoms with Gasteiger partial charge in [0.25, 0.3) is 0 Å². The molecule has 78 valence electrons. The van der Waals surface area contributed by atoms with Crippen LogP contribution in [-0.2, 0) is 19.4 Å². The molecule has 0 saturated heterocycles. The Hall–Kier alpha value is -0.330. The standard InChI is InChI=1S/C6H11ClO5S/c1-12-2-3-13(10,11)5(7)4-6(8)9/h5H,2-4H2,1H3,(H,8,9). The Bertz CT molecular complexity index is 260. The number of rotatable bonds is 6. The predicted molar refractivity (Wildman–Crippen MR) is 47.6 cm³/mol. The highest BCUT2D eigenvalue weighted by Gasteiger charge is 2.25. The summed E-state index contributed by atoms with van der Waals surface area (Å²) in [6, 6.07) is 0. The van der Waals surface area contributed by atoms with Crippen LogP contribution in [0.2, 0.25) is 0 Å². The SMILES string of the molecule is COCCS(=O)(=O)C(Cl)CC(=O)O. The molecule has 0 radical (unpaired) electrons. The Morgan fingerprint density at radius 2 is 2.15 bits per heavy atom. The predicted octanol–water partition coefficient (Wildman–Crippen LogP) is 0.0872. The Balaban J connectivity index is 4.20. The van der Waals surface area contributed by atoms with Crippen LogP contribution in [0, 0.1) is 0 Å². The van der Waals surface area contributed by atoms with E-state index in [1.807, 2.05) is 0 Å². The first-order chi connectivity index (χ1) is 5.90. The summed E-state index contributed by atoms with van der Waals surface area (Å²) in [4.78, 5) is 10.2. The van der Waals surface area contributed by atoms with Gasteiger partial charge in [-0.25, -0.2) is 8.42 Å². The topological polar surface area (TPSA) is 80.7 Å². The first-order valence-electron chi connectivity index (χ1n) is 3.46. The summed E-state index contributed by atoms with van der Waals surface area (Å²) in [6.45, 7) is 0.0190. The number of sulfone groups is 1. The molecule has 0 fully saturated rings. The summed E-state index contributed by atoms with van der Waals surface area (Å²) >= 11 is 5.38. The van der Waals surface area contributed by atoms with Crippen molar-refractivity contribution in [3.05, 3.63) is 0 Å². The van der Waals surface area contributed by atoms with Gasteiger partial charge in [0.05, 0.1) is 18.8 Å². The molecule has 0 aromatic heterocycles. The average Bonchev–Trinajstić information content (AvgIpc) is 1.99. The summed E-state index contributed by atoms with van der Waals surface area (Å²) in [5.41, 5.74) is 0. The molecule has 1 atom stereocenters. The molecule has 0 aliphatic rings. The van der Waals surface area contributed by atoms with Gasteiger partial charge >= 0.3 is 5.97 Å². The minimum absolute atomic E-state index is 0.0190. The van der Waals surface area contributed by atoms with Crippen LogP contribution in [0.3, 0.4) is 0 Å². The van der Waals surface area contributed by atoms with Crippen molar-refractivity contribution in [1.82, 2.24) is 0 Å². The molecule has 0 aromatic rings. The molecule has 1 N–H and O–H groups in total. The first-order valence-corrected chi connectivity index (χ1v) is 5.61. The molecule has 0 amide bonds. The van der Waals surface area contributed by atoms with Gasteiger partial charge in [0.15, 0.2) is 9.84 Å². The molecule has 0 aliphatic carbocycles. The van der Waals surface area contributed by atoms with Gasteiger partial charge in [-0.3, -0.25) is 4.79 Å². The molecule has 0 heterocycles. The van der Waals surface area contributed by atoms with Gasteiger partial charge in [-0.05, 0) is 0 Å². The fourth-order valence-corrected chi connectivity index (χ4v) is 2.04. The minimum atomic E-state index is -3.56. The van der Waals surface area contributed by atoms with E-state index in [4.69, 9.17) is 16.7 Å². The summed E-state index contributed by atoms with van der Waals surface area (Å²) in [5, 5.41) is 8.29. The number of methoxy groups -OCH3 is 1. The highest BCUT2D eigenvalue weighted by molar-refractivity contribution is 7.93. The maximum absolute atomic E-state index is 11.1. The molecule has 0 aliphatic heterocycles. The Morgan fingerprint density at radius 1 is 1.62 bits per heavy atom. The lowest BCUT2D eigenvalue weighted by molar-refractivity contribution is -0.136. The van der Waals surface area contributed by atoms with Crippen LogP contribution in [0.4, 0.5) is 0 Å². The van der Waals surface area contributed by atoms with Crippen LogP contribution >= 0.6 is 11.6 Å². The van der Waals surface area contributed by atoms with Gasteiger partial charge in [-0.2, -0.15) is 0 Å². The van der Waals surface area contributed by atoms with Crippen molar-refractivity contribution in [3.8, 4) is 0 Å². The van der Waals surface area contributed by atoms with Crippen LogP contribution in [0.5, 0.6) is 0 Å². The molecule has 0 saturated carbocycles. The number of alkyl halides is 1. The van der Waals surface area contributed by atoms with Gasteiger partial charge in [0.1, 0.15) is 4.71 Å². The number of carboxylic acids is 1. The third-order valence-electron chi connectivity index (χ3n) is 1.30. The zero-order valence-electron chi connectivity index (χ0n) is 7.07. The van der Waals surface area contributed by atoms with E-state index < -0.39 is 26.9 Å². The molecule has 1 unspecified atom stereocenters. The monoisotopic (exact) mass is 230 g/mol. The van der Waals surface area contributed by atoms with E-state index in [2.05, 4.69) is 4.74 Å². The van der Waals surface area contributed by atoms with Gasteiger partial charge in [0.2, 0.25) is 0 Å². The largest absolute Gasteiger partial charge is 0.481 e. The number of hydrogen-bond donors (Lipinski definition) is 1. The zero-order valence-corrected chi connectivity index (χ0v) is 8.64. The quantitative estimate of drug-likeness (QED) is 0.654. The summed E-state index contributed by atoms with van der Waals surface area (Å²) < 4.78 is 25.5. The number of halogens is 1. The molecule has 13 heavy (non-hydrogen) atoms. The lowest BCUT2D eigenvalue weighted by Crippen LogP contribution is -2.23. The summed E-state index contributed by atoms with van der Waals surface area (Å²) in [7, 11) is -2.20. The second kappa shape index (κ2) is 5.41. The molecule has 0 aromatic carbocycles. The lowest BCUT2D eigenvalue weighted by Gasteiger charge is -2.07. The van der Waals surface area contributed by atoms with E-state index in [1.165, 1.54) is 7.11 Å². The number of hydrogen-bond acceptors (Lipinski definition) is 4. The van der Waals surface area contributed by atoms with E-state index in [0.29, 0.717) is 0 Å². The van der Waals surface area contributed by atoms with Gasteiger partial charge < -0.3 is 9.84 Å². The van der Waals surface area contributed by atoms with Gasteiger partial charge in [-0.1, -0.05) is 0 Å². The molecule has 0 rings (SSSR count). The van der Waals surface area contributed by atoms with Crippen molar-refractivity contribution in [3.63, 3.8) is 0 Å². The normalized spacial score (nSPS) is 14.0. The van der Waals surface area contributed by atoms with E-state index in [-0.39, 0.29) is 12.4 Å². The molecule has 0 bridgehead atoms. The number of aliphatic carboxylic acids is 1. The maximum atomic E-state index is 11.1. The van der Waals surface area contributed by atoms with E-state index in [9.17, 15) is 13.2 Å². The summed E-state index contributed by atoms with van der Waals surface area (Å²) in [6.07, 6.45) is -0.590. The Kier molecular flexibility index (Phi) is 5.27. The van der Waals surface area contributed by atoms with E-state index in [1.54, 1.807) is 0 Å². The Morgan fingerprint density at radius 3 is 2.54 bits per heavy atom. The average molecular weight is 231 g/mol. The molecular weight excluding hydrogens is 220 g/mol. The van der Waals surface area contributed by atoms with Crippen LogP contribution < -0.4 is 0 Å². The lowest BCUT2D eigenvalue weighted by atomic mass is 10.5. The van der Waals surface area contributed by atoms with Gasteiger partial charge in [-0.15, -0.1) is 11.6 Å². The van der Waals surface area contributed by atoms with E-state index in [0.717, 1.165) is 0 Å². The second-order valence-corrected chi connectivity index (χ2v) is 5.46. The highest BCUT2D eigenvalue weighted by Crippen LogP contribution is 2.11. The fraction of sp³-hybridized carbons (Fsp3) is 0.833. The smallest absolute Gasteiger partial charge is 0.305 e. The number of carboxylic acid groups (broad SMARTS) is 1. The highest BCUT2D eigenvalue weighted by atomic mass is 35.5. The number of ether oxygens (including phenoxy) is 1. The van der Waals surface area contributed by atoms with Crippen molar-refractivity contribution in [2.45, 2.75) is 11.1 Å². The second-order valence-electron chi connectivity index (χ2n) is 2.37. The summed E-state index contributed by atoms with van der Waals surface area (Å²) in [5.74, 6) is -1.49. The van der Waals surface area contributed by atoms with Crippen LogP contribution in [-0.4, -0.2) is 43.7 Å². The van der Waals surface area contributed by atoms with Crippen molar-refractivity contribution in [2.75, 3.05) is 19.5 Å². The third kappa shape index (κ3) is 5.07. The van der Waals surface area contributed by atoms with Crippen molar-refractivity contribution >= 4 is 27.4 Å². The number of carbonyl (C=O) groups is 1. The fourth-order valence-electron chi connectivity index (χ4n) is 0.592. The van der Waals surface area contributed by atoms with Crippen molar-refractivity contribution < 1.29 is 23.1 Å². The molecule has 7 heteroatoms. The van der Waals surface area contributed by atoms with Crippen LogP contribution in [0.15, 0.2) is 0 Å². The van der Waals surface area contributed by atoms with E-state index >= 15 is 0 Å². The zero-order chi connectivity index (χ0) is 10.5. The maximum Gasteiger partial charge on any atom is 0.305 e. The first kappa shape index (κ1) is 12.7. The van der Waals surface area contributed by atoms with Gasteiger partial charge in [0, 0.05) is 7.11 Å². The van der Waals surface area contributed by atoms with Crippen LogP contribution in [0.1, 0.15) is 6.42 Å². The Labute approximate surface area is 81.6 Å². The molecular formula is C6H11ClO5S. The van der Waals surface area contributed by atoms with Crippen molar-refractivity contribution in [1.29, 1.82) is 0 Å². The minimum Gasteiger partial charge on any atom is -0.481 e.